The first-order valence-electron chi connectivity index (χ1n) is 10.4. The zero-order chi connectivity index (χ0) is 22.3. The molecule has 1 amide bonds. The van der Waals surface area contributed by atoms with E-state index in [9.17, 15) is 4.79 Å². The van der Waals surface area contributed by atoms with E-state index in [4.69, 9.17) is 4.74 Å². The van der Waals surface area contributed by atoms with Crippen LogP contribution in [0.2, 0.25) is 0 Å². The van der Waals surface area contributed by atoms with E-state index in [-0.39, 0.29) is 5.91 Å². The predicted molar refractivity (Wildman–Crippen MR) is 127 cm³/mol. The summed E-state index contributed by atoms with van der Waals surface area (Å²) in [5.74, 6) is 0.498. The normalized spacial score (nSPS) is 10.9. The molecular weight excluding hydrogens is 400 g/mol. The van der Waals surface area contributed by atoms with Crippen molar-refractivity contribution in [3.05, 3.63) is 96.1 Å². The molecule has 1 aromatic heterocycles. The molecule has 0 fully saturated rings. The maximum Gasteiger partial charge on any atom is 0.336 e. The second kappa shape index (κ2) is 9.75. The fraction of sp³-hybridized carbons (Fsp3) is 0.115. The zero-order valence-corrected chi connectivity index (χ0v) is 18.0. The summed E-state index contributed by atoms with van der Waals surface area (Å²) in [4.78, 5) is 16.8. The highest BCUT2D eigenvalue weighted by Crippen LogP contribution is 2.25. The molecule has 1 N–H and O–H groups in total. The van der Waals surface area contributed by atoms with Crippen molar-refractivity contribution < 1.29 is 9.53 Å². The Morgan fingerprint density at radius 1 is 1.00 bits per heavy atom. The molecule has 32 heavy (non-hydrogen) atoms. The highest BCUT2D eigenvalue weighted by atomic mass is 16.5. The highest BCUT2D eigenvalue weighted by Gasteiger charge is 2.14. The largest absolute Gasteiger partial charge is 0.463 e. The lowest BCUT2D eigenvalue weighted by Crippen LogP contribution is -2.08. The number of aryl methyl sites for hydroxylation is 1. The Hall–Kier alpha value is -4.19. The molecule has 0 saturated carbocycles. The van der Waals surface area contributed by atoms with Gasteiger partial charge in [-0.3, -0.25) is 4.79 Å². The average Bonchev–Trinajstić information content (AvgIpc) is 3.23. The Balaban J connectivity index is 1.54. The second-order valence-corrected chi connectivity index (χ2v) is 7.21. The van der Waals surface area contributed by atoms with E-state index >= 15 is 0 Å². The van der Waals surface area contributed by atoms with Crippen molar-refractivity contribution in [1.82, 2.24) is 14.8 Å². The fourth-order valence-corrected chi connectivity index (χ4v) is 3.16. The van der Waals surface area contributed by atoms with Crippen LogP contribution in [0.3, 0.4) is 0 Å². The van der Waals surface area contributed by atoms with Gasteiger partial charge in [0.2, 0.25) is 5.91 Å². The minimum atomic E-state index is -0.193. The number of rotatable bonds is 7. The van der Waals surface area contributed by atoms with E-state index in [1.54, 1.807) is 10.8 Å². The van der Waals surface area contributed by atoms with Crippen molar-refractivity contribution in [1.29, 1.82) is 0 Å². The quantitative estimate of drug-likeness (QED) is 0.409. The average molecular weight is 425 g/mol. The van der Waals surface area contributed by atoms with Gasteiger partial charge in [0.15, 0.2) is 5.82 Å². The van der Waals surface area contributed by atoms with Crippen molar-refractivity contribution in [2.24, 2.45) is 0 Å². The molecule has 0 atom stereocenters. The Kier molecular flexibility index (Phi) is 6.41. The van der Waals surface area contributed by atoms with Crippen molar-refractivity contribution >= 4 is 17.7 Å². The minimum absolute atomic E-state index is 0.193. The molecule has 160 valence electrons. The zero-order valence-electron chi connectivity index (χ0n) is 18.0. The molecule has 6 nitrogen and oxygen atoms in total. The summed E-state index contributed by atoms with van der Waals surface area (Å²) in [6, 6.07) is 25.6. The molecule has 0 aliphatic carbocycles. The van der Waals surface area contributed by atoms with Crippen molar-refractivity contribution in [2.45, 2.75) is 13.8 Å². The fourth-order valence-electron chi connectivity index (χ4n) is 3.16. The maximum absolute atomic E-state index is 12.2. The first-order valence-corrected chi connectivity index (χ1v) is 10.4. The molecule has 0 spiro atoms. The third-order valence-corrected chi connectivity index (χ3v) is 4.78. The van der Waals surface area contributed by atoms with Crippen molar-refractivity contribution in [3.8, 4) is 23.1 Å². The van der Waals surface area contributed by atoms with Gasteiger partial charge >= 0.3 is 6.01 Å². The molecule has 0 bridgehead atoms. The molecule has 0 aliphatic rings. The van der Waals surface area contributed by atoms with Gasteiger partial charge in [0, 0.05) is 17.3 Å². The van der Waals surface area contributed by atoms with Crippen LogP contribution in [0.4, 0.5) is 5.69 Å². The van der Waals surface area contributed by atoms with Crippen LogP contribution in [0.5, 0.6) is 6.01 Å². The van der Waals surface area contributed by atoms with Crippen LogP contribution >= 0.6 is 0 Å². The first kappa shape index (κ1) is 21.1. The van der Waals surface area contributed by atoms with E-state index in [1.165, 1.54) is 11.6 Å². The van der Waals surface area contributed by atoms with Crippen molar-refractivity contribution in [2.75, 3.05) is 11.9 Å². The highest BCUT2D eigenvalue weighted by molar-refractivity contribution is 6.01. The lowest BCUT2D eigenvalue weighted by molar-refractivity contribution is -0.111. The van der Waals surface area contributed by atoms with Crippen LogP contribution in [-0.2, 0) is 4.79 Å². The Labute approximate surface area is 187 Å². The summed E-state index contributed by atoms with van der Waals surface area (Å²) in [5, 5.41) is 7.38. The van der Waals surface area contributed by atoms with Gasteiger partial charge in [-0.1, -0.05) is 60.2 Å². The van der Waals surface area contributed by atoms with Crippen LogP contribution in [0.25, 0.3) is 23.2 Å². The number of hydrogen-bond acceptors (Lipinski definition) is 4. The monoisotopic (exact) mass is 424 g/mol. The van der Waals surface area contributed by atoms with Crippen molar-refractivity contribution in [3.63, 3.8) is 0 Å². The number of carbonyl (C=O) groups is 1. The number of benzene rings is 3. The molecule has 0 saturated heterocycles. The number of ether oxygens (including phenoxy) is 1. The molecular formula is C26H24N4O2. The number of hydrogen-bond donors (Lipinski definition) is 1. The molecule has 0 aliphatic heterocycles. The molecule has 3 aromatic carbocycles. The van der Waals surface area contributed by atoms with Crippen LogP contribution < -0.4 is 10.1 Å². The Morgan fingerprint density at radius 3 is 2.41 bits per heavy atom. The molecule has 4 rings (SSSR count). The van der Waals surface area contributed by atoms with Gasteiger partial charge in [-0.05, 0) is 49.8 Å². The van der Waals surface area contributed by atoms with E-state index in [2.05, 4.69) is 15.4 Å². The summed E-state index contributed by atoms with van der Waals surface area (Å²) in [7, 11) is 0. The number of nitrogens with one attached hydrogen (secondary N) is 1. The summed E-state index contributed by atoms with van der Waals surface area (Å²) in [6.45, 7) is 4.43. The van der Waals surface area contributed by atoms with E-state index in [0.717, 1.165) is 16.8 Å². The molecule has 0 radical (unpaired) electrons. The van der Waals surface area contributed by atoms with Crippen LogP contribution in [-0.4, -0.2) is 27.3 Å². The Morgan fingerprint density at radius 2 is 1.72 bits per heavy atom. The minimum Gasteiger partial charge on any atom is -0.463 e. The van der Waals surface area contributed by atoms with Crippen LogP contribution in [0, 0.1) is 6.92 Å². The van der Waals surface area contributed by atoms with Gasteiger partial charge in [-0.2, -0.15) is 4.98 Å². The maximum atomic E-state index is 12.2. The van der Waals surface area contributed by atoms with Gasteiger partial charge in [-0.25, -0.2) is 4.68 Å². The number of amides is 1. The lowest BCUT2D eigenvalue weighted by Gasteiger charge is -2.08. The third-order valence-electron chi connectivity index (χ3n) is 4.78. The molecule has 1 heterocycles. The van der Waals surface area contributed by atoms with Crippen LogP contribution in [0.1, 0.15) is 18.1 Å². The van der Waals surface area contributed by atoms with E-state index in [1.807, 2.05) is 92.7 Å². The standard InChI is InChI=1S/C26H24N4O2/c1-3-32-26-28-25(21-12-9-19(2)10-13-21)30(29-26)23-16-14-22(15-17-23)27-24(31)18-11-20-7-5-4-6-8-20/h4-18H,3H2,1-2H3,(H,27,31). The van der Waals surface area contributed by atoms with E-state index < -0.39 is 0 Å². The molecule has 0 unspecified atom stereocenters. The number of anilines is 1. The SMILES string of the molecule is CCOc1nc(-c2ccc(C)cc2)n(-c2ccc(NC(=O)C=Cc3ccccc3)cc2)n1. The van der Waals surface area contributed by atoms with Gasteiger partial charge in [0.05, 0.1) is 12.3 Å². The van der Waals surface area contributed by atoms with Gasteiger partial charge < -0.3 is 10.1 Å². The number of nitrogens with zero attached hydrogens (tertiary/aromatic N) is 3. The lowest BCUT2D eigenvalue weighted by atomic mass is 10.1. The smallest absolute Gasteiger partial charge is 0.336 e. The first-order chi connectivity index (χ1) is 15.6. The third kappa shape index (κ3) is 5.10. The topological polar surface area (TPSA) is 69.0 Å². The van der Waals surface area contributed by atoms with Gasteiger partial charge in [-0.15, -0.1) is 5.10 Å². The Bertz CT molecular complexity index is 1210. The molecule has 4 aromatic rings. The van der Waals surface area contributed by atoms with Gasteiger partial charge in [0.25, 0.3) is 0 Å². The summed E-state index contributed by atoms with van der Waals surface area (Å²) >= 11 is 0. The molecule has 6 heteroatoms. The summed E-state index contributed by atoms with van der Waals surface area (Å²) in [5.41, 5.74) is 4.59. The van der Waals surface area contributed by atoms with Gasteiger partial charge in [0.1, 0.15) is 0 Å². The van der Waals surface area contributed by atoms with E-state index in [0.29, 0.717) is 24.1 Å². The summed E-state index contributed by atoms with van der Waals surface area (Å²) < 4.78 is 7.27. The predicted octanol–water partition coefficient (Wildman–Crippen LogP) is 5.29. The van der Waals surface area contributed by atoms with Crippen LogP contribution in [0.15, 0.2) is 84.9 Å². The summed E-state index contributed by atoms with van der Waals surface area (Å²) in [6.07, 6.45) is 3.30. The number of aromatic nitrogens is 3. The second-order valence-electron chi connectivity index (χ2n) is 7.21. The number of carbonyl (C=O) groups excluding carboxylic acids is 1.